The van der Waals surface area contributed by atoms with E-state index in [-0.39, 0.29) is 33.7 Å². The van der Waals surface area contributed by atoms with Gasteiger partial charge in [-0.05, 0) is 43.2 Å². The van der Waals surface area contributed by atoms with Crippen LogP contribution in [0.2, 0.25) is 0 Å². The second kappa shape index (κ2) is 8.99. The summed E-state index contributed by atoms with van der Waals surface area (Å²) in [5, 5.41) is -0.271. The van der Waals surface area contributed by atoms with Gasteiger partial charge < -0.3 is 13.9 Å². The number of benzene rings is 1. The number of hydrogen-bond donors (Lipinski definition) is 0. The molecular weight excluding hydrogens is 448 g/mol. The van der Waals surface area contributed by atoms with Crippen molar-refractivity contribution in [1.29, 1.82) is 0 Å². The molecule has 0 unspecified atom stereocenters. The molecule has 2 heterocycles. The predicted molar refractivity (Wildman–Crippen MR) is 110 cm³/mol. The molecular formula is C19H24N2O8S2. The average Bonchev–Trinajstić information content (AvgIpc) is 3.44. The lowest BCUT2D eigenvalue weighted by molar-refractivity contribution is 0.0440. The lowest BCUT2D eigenvalue weighted by Gasteiger charge is -2.18. The Morgan fingerprint density at radius 3 is 2.39 bits per heavy atom. The number of sulfonamides is 2. The summed E-state index contributed by atoms with van der Waals surface area (Å²) in [6, 6.07) is 6.68. The van der Waals surface area contributed by atoms with Crippen molar-refractivity contribution >= 4 is 26.0 Å². The van der Waals surface area contributed by atoms with Gasteiger partial charge in [0, 0.05) is 27.2 Å². The van der Waals surface area contributed by atoms with Crippen molar-refractivity contribution < 1.29 is 35.5 Å². The first-order valence-electron chi connectivity index (χ1n) is 9.44. The summed E-state index contributed by atoms with van der Waals surface area (Å²) in [6.07, 6.45) is 1.55. The fourth-order valence-corrected chi connectivity index (χ4v) is 5.56. The Labute approximate surface area is 181 Å². The van der Waals surface area contributed by atoms with Crippen LogP contribution in [0.1, 0.15) is 29.0 Å². The van der Waals surface area contributed by atoms with Crippen LogP contribution in [0.5, 0.6) is 5.75 Å². The fraction of sp³-hybridized carbons (Fsp3) is 0.421. The molecule has 0 saturated carbocycles. The molecule has 1 saturated heterocycles. The van der Waals surface area contributed by atoms with Gasteiger partial charge in [-0.25, -0.2) is 25.9 Å². The third-order valence-electron chi connectivity index (χ3n) is 4.80. The third-order valence-corrected chi connectivity index (χ3v) is 8.41. The number of furan rings is 1. The highest BCUT2D eigenvalue weighted by Crippen LogP contribution is 2.30. The van der Waals surface area contributed by atoms with E-state index >= 15 is 0 Å². The summed E-state index contributed by atoms with van der Waals surface area (Å²) < 4.78 is 67.9. The van der Waals surface area contributed by atoms with Crippen LogP contribution >= 0.6 is 0 Å². The van der Waals surface area contributed by atoms with E-state index in [2.05, 4.69) is 0 Å². The molecule has 170 valence electrons. The van der Waals surface area contributed by atoms with Gasteiger partial charge in [0.25, 0.3) is 10.0 Å². The molecule has 0 radical (unpaired) electrons. The predicted octanol–water partition coefficient (Wildman–Crippen LogP) is 1.68. The van der Waals surface area contributed by atoms with Crippen LogP contribution in [0.4, 0.5) is 0 Å². The Bertz CT molecular complexity index is 1160. The maximum absolute atomic E-state index is 12.9. The van der Waals surface area contributed by atoms with Crippen LogP contribution in [0, 0.1) is 0 Å². The van der Waals surface area contributed by atoms with Crippen molar-refractivity contribution in [2.24, 2.45) is 0 Å². The summed E-state index contributed by atoms with van der Waals surface area (Å²) in [6.45, 7) is 0.510. The zero-order valence-electron chi connectivity index (χ0n) is 17.4. The lowest BCUT2D eigenvalue weighted by Crippen LogP contribution is -2.28. The van der Waals surface area contributed by atoms with Gasteiger partial charge in [-0.2, -0.15) is 4.31 Å². The van der Waals surface area contributed by atoms with E-state index in [4.69, 9.17) is 13.9 Å². The molecule has 0 N–H and O–H groups in total. The highest BCUT2D eigenvalue weighted by Gasteiger charge is 2.31. The molecule has 0 spiro atoms. The van der Waals surface area contributed by atoms with Crippen LogP contribution in [-0.2, 0) is 31.4 Å². The molecule has 2 aromatic rings. The highest BCUT2D eigenvalue weighted by atomic mass is 32.2. The third kappa shape index (κ3) is 4.76. The van der Waals surface area contributed by atoms with E-state index in [0.29, 0.717) is 13.1 Å². The maximum Gasteiger partial charge on any atom is 0.338 e. The van der Waals surface area contributed by atoms with Crippen LogP contribution in [0.15, 0.2) is 44.7 Å². The van der Waals surface area contributed by atoms with E-state index in [1.165, 1.54) is 55.8 Å². The van der Waals surface area contributed by atoms with Gasteiger partial charge in [-0.3, -0.25) is 0 Å². The van der Waals surface area contributed by atoms with Gasteiger partial charge in [-0.1, -0.05) is 0 Å². The minimum Gasteiger partial charge on any atom is -0.495 e. The Balaban J connectivity index is 1.78. The topological polar surface area (TPSA) is 123 Å². The summed E-state index contributed by atoms with van der Waals surface area (Å²) >= 11 is 0. The van der Waals surface area contributed by atoms with Crippen LogP contribution < -0.4 is 4.74 Å². The van der Waals surface area contributed by atoms with Crippen molar-refractivity contribution in [3.05, 3.63) is 41.7 Å². The zero-order chi connectivity index (χ0) is 22.8. The standard InChI is InChI=1S/C19H24N2O8S2/c1-20(2)31(25,26)18-9-7-15(29-18)13-28-19(22)14-6-8-16(27-3)17(12-14)30(23,24)21-10-4-5-11-21/h6-9,12H,4-5,10-11,13H2,1-3H3. The van der Waals surface area contributed by atoms with Gasteiger partial charge in [-0.15, -0.1) is 0 Å². The van der Waals surface area contributed by atoms with Crippen LogP contribution in [0.3, 0.4) is 0 Å². The van der Waals surface area contributed by atoms with E-state index < -0.39 is 26.0 Å². The molecule has 0 amide bonds. The highest BCUT2D eigenvalue weighted by molar-refractivity contribution is 7.89. The van der Waals surface area contributed by atoms with Crippen molar-refractivity contribution in [2.45, 2.75) is 29.4 Å². The SMILES string of the molecule is COc1ccc(C(=O)OCc2ccc(S(=O)(=O)N(C)C)o2)cc1S(=O)(=O)N1CCCC1. The number of nitrogens with zero attached hydrogens (tertiary/aromatic N) is 2. The van der Waals surface area contributed by atoms with Crippen LogP contribution in [-0.4, -0.2) is 65.7 Å². The molecule has 3 rings (SSSR count). The quantitative estimate of drug-likeness (QED) is 0.532. The van der Waals surface area contributed by atoms with Crippen LogP contribution in [0.25, 0.3) is 0 Å². The number of esters is 1. The Kier molecular flexibility index (Phi) is 6.74. The average molecular weight is 473 g/mol. The molecule has 0 bridgehead atoms. The smallest absolute Gasteiger partial charge is 0.338 e. The first kappa shape index (κ1) is 23.3. The number of carbonyl (C=O) groups is 1. The second-order valence-electron chi connectivity index (χ2n) is 7.06. The maximum atomic E-state index is 12.9. The van der Waals surface area contributed by atoms with Crippen molar-refractivity contribution in [3.8, 4) is 5.75 Å². The molecule has 0 atom stereocenters. The minimum atomic E-state index is -3.82. The molecule has 31 heavy (non-hydrogen) atoms. The van der Waals surface area contributed by atoms with Gasteiger partial charge in [0.15, 0.2) is 0 Å². The van der Waals surface area contributed by atoms with Gasteiger partial charge in [0.05, 0.1) is 12.7 Å². The molecule has 1 aliphatic heterocycles. The number of ether oxygens (including phenoxy) is 2. The summed E-state index contributed by atoms with van der Waals surface area (Å²) in [7, 11) is -3.46. The van der Waals surface area contributed by atoms with Crippen molar-refractivity contribution in [3.63, 3.8) is 0 Å². The van der Waals surface area contributed by atoms with E-state index in [0.717, 1.165) is 17.1 Å². The fourth-order valence-electron chi connectivity index (χ4n) is 3.05. The monoisotopic (exact) mass is 472 g/mol. The second-order valence-corrected chi connectivity index (χ2v) is 11.1. The number of rotatable bonds is 8. The van der Waals surface area contributed by atoms with Gasteiger partial charge >= 0.3 is 5.97 Å². The van der Waals surface area contributed by atoms with E-state index in [1.807, 2.05) is 0 Å². The van der Waals surface area contributed by atoms with Gasteiger partial charge in [0.1, 0.15) is 23.0 Å². The summed E-state index contributed by atoms with van der Waals surface area (Å²) in [4.78, 5) is 12.4. The summed E-state index contributed by atoms with van der Waals surface area (Å²) in [5.74, 6) is -0.519. The molecule has 0 aliphatic carbocycles. The lowest BCUT2D eigenvalue weighted by atomic mass is 10.2. The largest absolute Gasteiger partial charge is 0.495 e. The number of carbonyl (C=O) groups excluding carboxylic acids is 1. The minimum absolute atomic E-state index is 0.0197. The van der Waals surface area contributed by atoms with E-state index in [9.17, 15) is 21.6 Å². The molecule has 12 heteroatoms. The van der Waals surface area contributed by atoms with Crippen molar-refractivity contribution in [2.75, 3.05) is 34.3 Å². The molecule has 10 nitrogen and oxygen atoms in total. The zero-order valence-corrected chi connectivity index (χ0v) is 19.0. The first-order valence-corrected chi connectivity index (χ1v) is 12.3. The van der Waals surface area contributed by atoms with E-state index in [1.54, 1.807) is 0 Å². The Morgan fingerprint density at radius 1 is 1.10 bits per heavy atom. The normalized spacial score (nSPS) is 15.4. The molecule has 1 aromatic carbocycles. The number of hydrogen-bond acceptors (Lipinski definition) is 8. The Hall–Kier alpha value is -2.41. The summed E-state index contributed by atoms with van der Waals surface area (Å²) in [5.41, 5.74) is 0.0197. The number of methoxy groups -OCH3 is 1. The van der Waals surface area contributed by atoms with Gasteiger partial charge in [0.2, 0.25) is 15.1 Å². The Morgan fingerprint density at radius 2 is 1.77 bits per heavy atom. The molecule has 1 aromatic heterocycles. The molecule has 1 fully saturated rings. The van der Waals surface area contributed by atoms with Crippen molar-refractivity contribution in [1.82, 2.24) is 8.61 Å². The first-order chi connectivity index (χ1) is 14.6. The molecule has 1 aliphatic rings.